The van der Waals surface area contributed by atoms with Gasteiger partial charge < -0.3 is 14.5 Å². The average Bonchev–Trinajstić information content (AvgIpc) is 3.05. The summed E-state index contributed by atoms with van der Waals surface area (Å²) in [6.45, 7) is 0. The lowest BCUT2D eigenvalue weighted by atomic mass is 9.71. The van der Waals surface area contributed by atoms with Crippen molar-refractivity contribution in [3.63, 3.8) is 0 Å². The topological polar surface area (TPSA) is 49.9 Å². The number of rotatable bonds is 1. The van der Waals surface area contributed by atoms with E-state index in [0.717, 1.165) is 11.3 Å². The molecule has 0 saturated carbocycles. The number of methoxy groups -OCH3 is 1. The molecule has 116 valence electrons. The number of carbonyl (C=O) groups is 2. The van der Waals surface area contributed by atoms with E-state index >= 15 is 0 Å². The number of ether oxygens (including phenoxy) is 1. The molecule has 3 heterocycles. The van der Waals surface area contributed by atoms with E-state index in [1.807, 2.05) is 53.6 Å². The fraction of sp³-hybridized carbons (Fsp3) is 0.222. The zero-order chi connectivity index (χ0) is 16.2. The Labute approximate surface area is 134 Å². The van der Waals surface area contributed by atoms with Gasteiger partial charge in [-0.2, -0.15) is 0 Å². The maximum atomic E-state index is 13.3. The molecule has 0 radical (unpaired) electrons. The number of allylic oxidation sites excluding steroid dienone is 2. The number of para-hydroxylation sites is 1. The number of anilines is 1. The number of fused-ring (bicyclic) bond motifs is 4. The van der Waals surface area contributed by atoms with Crippen molar-refractivity contribution in [1.29, 1.82) is 0 Å². The number of esters is 1. The Kier molecular flexibility index (Phi) is 2.75. The summed E-state index contributed by atoms with van der Waals surface area (Å²) in [5.74, 6) is -0.581. The summed E-state index contributed by atoms with van der Waals surface area (Å²) < 4.78 is 4.97. The Morgan fingerprint density at radius 1 is 1.26 bits per heavy atom. The fourth-order valence-electron chi connectivity index (χ4n) is 3.87. The van der Waals surface area contributed by atoms with Crippen LogP contribution in [0.4, 0.5) is 5.69 Å². The molecule has 5 heteroatoms. The molecule has 5 nitrogen and oxygen atoms in total. The van der Waals surface area contributed by atoms with Crippen LogP contribution in [0.1, 0.15) is 5.56 Å². The second-order valence-corrected chi connectivity index (χ2v) is 5.84. The molecular weight excluding hydrogens is 292 g/mol. The molecule has 4 rings (SSSR count). The van der Waals surface area contributed by atoms with Gasteiger partial charge >= 0.3 is 5.97 Å². The second kappa shape index (κ2) is 4.59. The lowest BCUT2D eigenvalue weighted by Crippen LogP contribution is -2.50. The first-order valence-electron chi connectivity index (χ1n) is 7.43. The third-order valence-corrected chi connectivity index (χ3v) is 4.87. The van der Waals surface area contributed by atoms with Gasteiger partial charge in [0.25, 0.3) is 0 Å². The Morgan fingerprint density at radius 3 is 2.83 bits per heavy atom. The van der Waals surface area contributed by atoms with E-state index in [-0.39, 0.29) is 11.9 Å². The van der Waals surface area contributed by atoms with Gasteiger partial charge in [-0.1, -0.05) is 30.4 Å². The first-order chi connectivity index (χ1) is 11.1. The number of likely N-dealkylation sites (N-methyl/N-ethyl adjacent to an activating group) is 1. The van der Waals surface area contributed by atoms with E-state index in [2.05, 4.69) is 0 Å². The van der Waals surface area contributed by atoms with Crippen molar-refractivity contribution < 1.29 is 14.3 Å². The third kappa shape index (κ3) is 1.51. The van der Waals surface area contributed by atoms with Gasteiger partial charge in [0.1, 0.15) is 5.41 Å². The lowest BCUT2D eigenvalue weighted by Gasteiger charge is -2.34. The van der Waals surface area contributed by atoms with Crippen LogP contribution in [0.3, 0.4) is 0 Å². The monoisotopic (exact) mass is 308 g/mol. The molecule has 23 heavy (non-hydrogen) atoms. The Bertz CT molecular complexity index is 808. The zero-order valence-corrected chi connectivity index (χ0v) is 12.9. The summed E-state index contributed by atoms with van der Waals surface area (Å²) in [5, 5.41) is 0. The standard InChI is InChI=1S/C18H16N2O3/c1-19-14-8-4-3-7-12(14)18(17(19)22)13(16(21)23-2)11-20-10-6-5-9-15(18)20/h3-11,15H,1-2H3/t15?,18-/m1/s1. The quantitative estimate of drug-likeness (QED) is 0.741. The average molecular weight is 308 g/mol. The summed E-state index contributed by atoms with van der Waals surface area (Å²) >= 11 is 0. The van der Waals surface area contributed by atoms with Crippen LogP contribution in [0.2, 0.25) is 0 Å². The minimum Gasteiger partial charge on any atom is -0.466 e. The molecule has 1 aromatic carbocycles. The van der Waals surface area contributed by atoms with E-state index in [1.54, 1.807) is 18.1 Å². The van der Waals surface area contributed by atoms with Crippen LogP contribution < -0.4 is 4.90 Å². The van der Waals surface area contributed by atoms with Crippen LogP contribution in [0.25, 0.3) is 0 Å². The number of hydrogen-bond donors (Lipinski definition) is 0. The number of carbonyl (C=O) groups excluding carboxylic acids is 2. The summed E-state index contributed by atoms with van der Waals surface area (Å²) in [4.78, 5) is 29.2. The van der Waals surface area contributed by atoms with Crippen LogP contribution in [0.15, 0.2) is 60.5 Å². The van der Waals surface area contributed by atoms with Gasteiger partial charge in [0.2, 0.25) is 5.91 Å². The number of amides is 1. The zero-order valence-electron chi connectivity index (χ0n) is 12.9. The molecule has 2 atom stereocenters. The third-order valence-electron chi connectivity index (χ3n) is 4.87. The highest BCUT2D eigenvalue weighted by Gasteiger charge is 2.62. The summed E-state index contributed by atoms with van der Waals surface area (Å²) in [5.41, 5.74) is 0.997. The smallest absolute Gasteiger partial charge is 0.336 e. The van der Waals surface area contributed by atoms with Crippen molar-refractivity contribution in [2.24, 2.45) is 0 Å². The molecule has 0 aromatic heterocycles. The van der Waals surface area contributed by atoms with Crippen LogP contribution in [-0.2, 0) is 19.7 Å². The van der Waals surface area contributed by atoms with Gasteiger partial charge in [0.05, 0.1) is 18.7 Å². The van der Waals surface area contributed by atoms with Gasteiger partial charge in [-0.15, -0.1) is 0 Å². The second-order valence-electron chi connectivity index (χ2n) is 5.84. The van der Waals surface area contributed by atoms with Crippen molar-refractivity contribution >= 4 is 17.6 Å². The van der Waals surface area contributed by atoms with Crippen molar-refractivity contribution in [3.05, 3.63) is 66.0 Å². The van der Waals surface area contributed by atoms with Crippen molar-refractivity contribution in [2.75, 3.05) is 19.1 Å². The molecule has 0 aliphatic carbocycles. The largest absolute Gasteiger partial charge is 0.466 e. The molecule has 0 saturated heterocycles. The SMILES string of the molecule is COC(=O)C1=CN2C=CC=CC2[C@]12C(=O)N(C)c1ccccc12. The predicted octanol–water partition coefficient (Wildman–Crippen LogP) is 1.73. The first-order valence-corrected chi connectivity index (χ1v) is 7.43. The summed E-state index contributed by atoms with van der Waals surface area (Å²) in [6.07, 6.45) is 9.35. The minimum absolute atomic E-state index is 0.109. The molecule has 3 aliphatic rings. The molecule has 3 aliphatic heterocycles. The molecule has 1 unspecified atom stereocenters. The highest BCUT2D eigenvalue weighted by molar-refractivity contribution is 6.16. The Hall–Kier alpha value is -2.82. The van der Waals surface area contributed by atoms with Gasteiger partial charge in [0.15, 0.2) is 0 Å². The van der Waals surface area contributed by atoms with Gasteiger partial charge in [-0.25, -0.2) is 4.79 Å². The highest BCUT2D eigenvalue weighted by atomic mass is 16.5. The van der Waals surface area contributed by atoms with Crippen LogP contribution in [-0.4, -0.2) is 37.0 Å². The van der Waals surface area contributed by atoms with E-state index in [0.29, 0.717) is 5.57 Å². The van der Waals surface area contributed by atoms with Crippen LogP contribution in [0.5, 0.6) is 0 Å². The van der Waals surface area contributed by atoms with Crippen molar-refractivity contribution in [2.45, 2.75) is 11.5 Å². The Morgan fingerprint density at radius 2 is 2.04 bits per heavy atom. The van der Waals surface area contributed by atoms with Crippen molar-refractivity contribution in [3.8, 4) is 0 Å². The highest BCUT2D eigenvalue weighted by Crippen LogP contribution is 2.53. The number of nitrogens with zero attached hydrogens (tertiary/aromatic N) is 2. The molecule has 0 N–H and O–H groups in total. The number of benzene rings is 1. The molecular formula is C18H16N2O3. The van der Waals surface area contributed by atoms with Crippen LogP contribution >= 0.6 is 0 Å². The molecule has 1 amide bonds. The van der Waals surface area contributed by atoms with E-state index in [1.165, 1.54) is 7.11 Å². The normalized spacial score (nSPS) is 27.3. The van der Waals surface area contributed by atoms with Gasteiger partial charge in [0, 0.05) is 25.1 Å². The van der Waals surface area contributed by atoms with Crippen molar-refractivity contribution in [1.82, 2.24) is 4.90 Å². The first kappa shape index (κ1) is 13.8. The molecule has 1 spiro atoms. The maximum Gasteiger partial charge on any atom is 0.336 e. The molecule has 0 bridgehead atoms. The predicted molar refractivity (Wildman–Crippen MR) is 85.5 cm³/mol. The molecule has 1 aromatic rings. The van der Waals surface area contributed by atoms with E-state index < -0.39 is 11.4 Å². The fourth-order valence-corrected chi connectivity index (χ4v) is 3.87. The molecule has 0 fully saturated rings. The Balaban J connectivity index is 2.02. The van der Waals surface area contributed by atoms with E-state index in [4.69, 9.17) is 4.74 Å². The minimum atomic E-state index is -1.06. The van der Waals surface area contributed by atoms with Gasteiger partial charge in [-0.3, -0.25) is 4.79 Å². The summed E-state index contributed by atoms with van der Waals surface area (Å²) in [7, 11) is 3.09. The maximum absolute atomic E-state index is 13.3. The van der Waals surface area contributed by atoms with Gasteiger partial charge in [-0.05, 0) is 17.7 Å². The van der Waals surface area contributed by atoms with Crippen LogP contribution in [0, 0.1) is 0 Å². The lowest BCUT2D eigenvalue weighted by molar-refractivity contribution is -0.138. The number of hydrogen-bond acceptors (Lipinski definition) is 4. The summed E-state index contributed by atoms with van der Waals surface area (Å²) in [6, 6.07) is 7.35. The van der Waals surface area contributed by atoms with E-state index in [9.17, 15) is 9.59 Å².